The second kappa shape index (κ2) is 8.21. The van der Waals surface area contributed by atoms with E-state index in [0.29, 0.717) is 11.4 Å². The van der Waals surface area contributed by atoms with E-state index >= 15 is 0 Å². The van der Waals surface area contributed by atoms with Gasteiger partial charge in [-0.25, -0.2) is 0 Å². The summed E-state index contributed by atoms with van der Waals surface area (Å²) in [5, 5.41) is 32.2. The molecule has 0 saturated heterocycles. The predicted molar refractivity (Wildman–Crippen MR) is 84.8 cm³/mol. The average molecular weight is 285 g/mol. The van der Waals surface area contributed by atoms with E-state index in [1.807, 2.05) is 27.7 Å². The van der Waals surface area contributed by atoms with Gasteiger partial charge in [0.25, 0.3) is 0 Å². The highest BCUT2D eigenvalue weighted by Crippen LogP contribution is 2.07. The maximum Gasteiger partial charge on any atom is 0.0734 e. The highest BCUT2D eigenvalue weighted by Gasteiger charge is 2.21. The standard InChI is InChI=1S/C14H30N4O2/c1-11(17-19)13(3,4)15-9-7-8-10-16-14(5,6)12(2)18-20/h15-16,19-20H,7-10H2,1-6H3/p-1/b17-11+,18-12+. The Morgan fingerprint density at radius 2 is 1.35 bits per heavy atom. The summed E-state index contributed by atoms with van der Waals surface area (Å²) in [6.07, 6.45) is 1.99. The van der Waals surface area contributed by atoms with Gasteiger partial charge in [-0.2, -0.15) is 0 Å². The SMILES string of the molecule is C/C(=N\[O-])C(C)(C)NCCCCNC(C)(C)/C(C)=N/O. The summed E-state index contributed by atoms with van der Waals surface area (Å²) in [5.74, 6) is 0. The highest BCUT2D eigenvalue weighted by atomic mass is 16.4. The summed E-state index contributed by atoms with van der Waals surface area (Å²) in [5.41, 5.74) is 0.576. The van der Waals surface area contributed by atoms with Crippen LogP contribution < -0.4 is 10.6 Å². The lowest BCUT2D eigenvalue weighted by molar-refractivity contribution is 0.310. The van der Waals surface area contributed by atoms with E-state index in [9.17, 15) is 5.21 Å². The largest absolute Gasteiger partial charge is 0.792 e. The van der Waals surface area contributed by atoms with E-state index in [0.717, 1.165) is 25.9 Å². The lowest BCUT2D eigenvalue weighted by Gasteiger charge is -2.28. The molecule has 0 saturated carbocycles. The number of unbranched alkanes of at least 4 members (excludes halogenated alkanes) is 1. The second-order valence-electron chi connectivity index (χ2n) is 6.17. The molecule has 0 aliphatic heterocycles. The van der Waals surface area contributed by atoms with Crippen molar-refractivity contribution in [2.45, 2.75) is 65.5 Å². The topological polar surface area (TPSA) is 92.1 Å². The molecule has 3 N–H and O–H groups in total. The van der Waals surface area contributed by atoms with E-state index in [1.54, 1.807) is 13.8 Å². The molecule has 118 valence electrons. The summed E-state index contributed by atoms with van der Waals surface area (Å²) in [4.78, 5) is 0. The van der Waals surface area contributed by atoms with Crippen molar-refractivity contribution in [1.82, 2.24) is 10.6 Å². The van der Waals surface area contributed by atoms with Crippen LogP contribution in [0.1, 0.15) is 54.4 Å². The number of nitrogens with one attached hydrogen (secondary N) is 2. The number of rotatable bonds is 9. The van der Waals surface area contributed by atoms with Gasteiger partial charge < -0.3 is 26.2 Å². The zero-order valence-electron chi connectivity index (χ0n) is 13.6. The Balaban J connectivity index is 3.90. The molecule has 0 aromatic rings. The van der Waals surface area contributed by atoms with E-state index < -0.39 is 0 Å². The van der Waals surface area contributed by atoms with E-state index in [1.165, 1.54) is 0 Å². The molecule has 0 heterocycles. The molecule has 0 fully saturated rings. The van der Waals surface area contributed by atoms with Crippen LogP contribution in [0.3, 0.4) is 0 Å². The Labute approximate surface area is 122 Å². The van der Waals surface area contributed by atoms with Gasteiger partial charge in [-0.05, 0) is 67.5 Å². The Bertz CT molecular complexity index is 315. The normalized spacial score (nSPS) is 14.7. The van der Waals surface area contributed by atoms with Crippen molar-refractivity contribution in [3.63, 3.8) is 0 Å². The fourth-order valence-electron chi connectivity index (χ4n) is 1.55. The summed E-state index contributed by atoms with van der Waals surface area (Å²) in [7, 11) is 0. The Morgan fingerprint density at radius 3 is 1.70 bits per heavy atom. The van der Waals surface area contributed by atoms with Crippen molar-refractivity contribution < 1.29 is 5.21 Å². The molecule has 0 radical (unpaired) electrons. The van der Waals surface area contributed by atoms with Gasteiger partial charge in [-0.3, -0.25) is 0 Å². The maximum absolute atomic E-state index is 10.5. The summed E-state index contributed by atoms with van der Waals surface area (Å²) in [6, 6.07) is 0. The van der Waals surface area contributed by atoms with Gasteiger partial charge >= 0.3 is 0 Å². The molecule has 0 aliphatic rings. The first-order valence-electron chi connectivity index (χ1n) is 7.04. The first-order valence-corrected chi connectivity index (χ1v) is 7.04. The third-order valence-corrected chi connectivity index (χ3v) is 3.83. The minimum Gasteiger partial charge on any atom is -0.792 e. The van der Waals surface area contributed by atoms with Gasteiger partial charge in [0, 0.05) is 5.71 Å². The van der Waals surface area contributed by atoms with Crippen molar-refractivity contribution in [3.05, 3.63) is 5.21 Å². The molecule has 0 aromatic carbocycles. The van der Waals surface area contributed by atoms with Crippen molar-refractivity contribution in [3.8, 4) is 0 Å². The average Bonchev–Trinajstić information content (AvgIpc) is 2.40. The molecular weight excluding hydrogens is 256 g/mol. The molecule has 0 rings (SSSR count). The van der Waals surface area contributed by atoms with Crippen molar-refractivity contribution in [2.24, 2.45) is 10.3 Å². The van der Waals surface area contributed by atoms with Crippen LogP contribution in [0.4, 0.5) is 0 Å². The van der Waals surface area contributed by atoms with Crippen molar-refractivity contribution >= 4 is 11.4 Å². The van der Waals surface area contributed by atoms with Crippen molar-refractivity contribution in [1.29, 1.82) is 0 Å². The molecule has 0 amide bonds. The Hall–Kier alpha value is -1.14. The quantitative estimate of drug-likeness (QED) is 0.262. The molecule has 0 bridgehead atoms. The minimum atomic E-state index is -0.353. The van der Waals surface area contributed by atoms with Crippen LogP contribution in [0.15, 0.2) is 10.3 Å². The monoisotopic (exact) mass is 285 g/mol. The first kappa shape index (κ1) is 18.9. The summed E-state index contributed by atoms with van der Waals surface area (Å²) in [6.45, 7) is 13.1. The van der Waals surface area contributed by atoms with Crippen LogP contribution in [0.5, 0.6) is 0 Å². The van der Waals surface area contributed by atoms with Gasteiger partial charge in [-0.15, -0.1) is 0 Å². The summed E-state index contributed by atoms with van der Waals surface area (Å²) < 4.78 is 0. The van der Waals surface area contributed by atoms with E-state index in [4.69, 9.17) is 5.21 Å². The van der Waals surface area contributed by atoms with Gasteiger partial charge in [0.2, 0.25) is 0 Å². The molecule has 0 atom stereocenters. The smallest absolute Gasteiger partial charge is 0.0734 e. The fourth-order valence-corrected chi connectivity index (χ4v) is 1.55. The second-order valence-corrected chi connectivity index (χ2v) is 6.17. The lowest BCUT2D eigenvalue weighted by atomic mass is 9.99. The molecule has 20 heavy (non-hydrogen) atoms. The molecule has 0 spiro atoms. The number of hydrogen-bond acceptors (Lipinski definition) is 6. The highest BCUT2D eigenvalue weighted by molar-refractivity contribution is 5.91. The van der Waals surface area contributed by atoms with Crippen LogP contribution in [0, 0.1) is 5.21 Å². The maximum atomic E-state index is 10.5. The van der Waals surface area contributed by atoms with E-state index in [-0.39, 0.29) is 11.1 Å². The molecule has 0 aromatic heterocycles. The van der Waals surface area contributed by atoms with Crippen LogP contribution >= 0.6 is 0 Å². The zero-order valence-corrected chi connectivity index (χ0v) is 13.6. The fraction of sp³-hybridized carbons (Fsp3) is 0.857. The number of nitrogens with zero attached hydrogens (tertiary/aromatic N) is 2. The van der Waals surface area contributed by atoms with Crippen LogP contribution in [-0.2, 0) is 0 Å². The van der Waals surface area contributed by atoms with E-state index in [2.05, 4.69) is 20.9 Å². The number of hydrogen-bond donors (Lipinski definition) is 3. The molecule has 6 nitrogen and oxygen atoms in total. The molecular formula is C14H29N4O2-. The van der Waals surface area contributed by atoms with Gasteiger partial charge in [0.15, 0.2) is 0 Å². The summed E-state index contributed by atoms with van der Waals surface area (Å²) >= 11 is 0. The number of oxime groups is 1. The van der Waals surface area contributed by atoms with Gasteiger partial charge in [0.05, 0.1) is 16.8 Å². The lowest BCUT2D eigenvalue weighted by Crippen LogP contribution is -2.47. The van der Waals surface area contributed by atoms with Gasteiger partial charge in [-0.1, -0.05) is 5.16 Å². The molecule has 6 heteroatoms. The van der Waals surface area contributed by atoms with Crippen LogP contribution in [-0.4, -0.2) is 40.8 Å². The van der Waals surface area contributed by atoms with Crippen LogP contribution in [0.2, 0.25) is 0 Å². The Kier molecular flexibility index (Phi) is 7.75. The minimum absolute atomic E-state index is 0.298. The van der Waals surface area contributed by atoms with Crippen molar-refractivity contribution in [2.75, 3.05) is 13.1 Å². The predicted octanol–water partition coefficient (Wildman–Crippen LogP) is 2.31. The molecule has 0 unspecified atom stereocenters. The first-order chi connectivity index (χ1) is 9.17. The third-order valence-electron chi connectivity index (χ3n) is 3.83. The zero-order chi connectivity index (χ0) is 15.8. The van der Waals surface area contributed by atoms with Gasteiger partial charge in [0.1, 0.15) is 0 Å². The Morgan fingerprint density at radius 1 is 0.950 bits per heavy atom. The molecule has 0 aliphatic carbocycles. The third kappa shape index (κ3) is 6.34. The van der Waals surface area contributed by atoms with Crippen LogP contribution in [0.25, 0.3) is 0 Å².